The molecule has 2 unspecified atom stereocenters. The van der Waals surface area contributed by atoms with Gasteiger partial charge in [-0.15, -0.1) is 0 Å². The molecule has 0 rings (SSSR count). The zero-order chi connectivity index (χ0) is 13.0. The first-order valence-corrected chi connectivity index (χ1v) is 9.10. The fourth-order valence-corrected chi connectivity index (χ4v) is 2.21. The molecule has 0 aliphatic heterocycles. The van der Waals surface area contributed by atoms with Gasteiger partial charge in [-0.05, 0) is 24.6 Å². The molecule has 16 heavy (non-hydrogen) atoms. The van der Waals surface area contributed by atoms with Crippen LogP contribution in [0.3, 0.4) is 0 Å². The van der Waals surface area contributed by atoms with Crippen molar-refractivity contribution in [3.05, 3.63) is 0 Å². The Morgan fingerprint density at radius 1 is 1.31 bits per heavy atom. The van der Waals surface area contributed by atoms with Crippen molar-refractivity contribution in [1.82, 2.24) is 0 Å². The van der Waals surface area contributed by atoms with Crippen LogP contribution >= 0.6 is 0 Å². The SMILES string of the molecule is CCCCC(N)C(F)O[Si](C)(C)C(C)(C)C. The van der Waals surface area contributed by atoms with Gasteiger partial charge in [0, 0.05) is 0 Å². The second-order valence-corrected chi connectivity index (χ2v) is 10.8. The van der Waals surface area contributed by atoms with Gasteiger partial charge in [-0.3, -0.25) is 0 Å². The topological polar surface area (TPSA) is 35.2 Å². The van der Waals surface area contributed by atoms with E-state index in [1.807, 2.05) is 13.1 Å². The van der Waals surface area contributed by atoms with Crippen LogP contribution in [0.1, 0.15) is 47.0 Å². The van der Waals surface area contributed by atoms with Crippen LogP contribution in [0.2, 0.25) is 18.1 Å². The molecule has 2 atom stereocenters. The van der Waals surface area contributed by atoms with Crippen molar-refractivity contribution < 1.29 is 8.82 Å². The maximum Gasteiger partial charge on any atom is 0.205 e. The van der Waals surface area contributed by atoms with Gasteiger partial charge in [0.05, 0.1) is 6.04 Å². The molecule has 0 radical (unpaired) electrons. The molecule has 0 amide bonds. The summed E-state index contributed by atoms with van der Waals surface area (Å²) in [5.74, 6) is 0. The van der Waals surface area contributed by atoms with E-state index in [0.717, 1.165) is 12.8 Å². The molecule has 2 nitrogen and oxygen atoms in total. The van der Waals surface area contributed by atoms with Crippen molar-refractivity contribution in [2.45, 2.75) is 77.5 Å². The Labute approximate surface area is 101 Å². The molecular weight excluding hydrogens is 221 g/mol. The zero-order valence-electron chi connectivity index (χ0n) is 11.6. The third-order valence-corrected chi connectivity index (χ3v) is 7.87. The largest absolute Gasteiger partial charge is 0.387 e. The number of unbranched alkanes of at least 4 members (excludes halogenated alkanes) is 1. The van der Waals surface area contributed by atoms with Gasteiger partial charge >= 0.3 is 0 Å². The van der Waals surface area contributed by atoms with E-state index in [4.69, 9.17) is 10.2 Å². The average molecular weight is 249 g/mol. The smallest absolute Gasteiger partial charge is 0.205 e. The number of nitrogens with two attached hydrogens (primary N) is 1. The molecule has 0 spiro atoms. The Balaban J connectivity index is 4.27. The van der Waals surface area contributed by atoms with Crippen LogP contribution in [0.25, 0.3) is 0 Å². The summed E-state index contributed by atoms with van der Waals surface area (Å²) in [6.45, 7) is 12.5. The summed E-state index contributed by atoms with van der Waals surface area (Å²) >= 11 is 0. The summed E-state index contributed by atoms with van der Waals surface area (Å²) in [5.41, 5.74) is 5.78. The van der Waals surface area contributed by atoms with Crippen molar-refractivity contribution in [2.24, 2.45) is 5.73 Å². The van der Waals surface area contributed by atoms with E-state index in [2.05, 4.69) is 27.7 Å². The lowest BCUT2D eigenvalue weighted by Crippen LogP contribution is -2.47. The third-order valence-electron chi connectivity index (χ3n) is 3.44. The van der Waals surface area contributed by atoms with E-state index in [1.54, 1.807) is 0 Å². The minimum atomic E-state index is -2.02. The van der Waals surface area contributed by atoms with E-state index in [9.17, 15) is 4.39 Å². The maximum atomic E-state index is 13.8. The Kier molecular flexibility index (Phi) is 6.15. The summed E-state index contributed by atoms with van der Waals surface area (Å²) in [7, 11) is -2.02. The molecule has 0 saturated carbocycles. The van der Waals surface area contributed by atoms with Gasteiger partial charge in [0.2, 0.25) is 6.36 Å². The highest BCUT2D eigenvalue weighted by atomic mass is 28.4. The number of halogens is 1. The molecule has 0 aromatic rings. The van der Waals surface area contributed by atoms with Gasteiger partial charge < -0.3 is 10.2 Å². The van der Waals surface area contributed by atoms with E-state index >= 15 is 0 Å². The van der Waals surface area contributed by atoms with Crippen LogP contribution in [0.15, 0.2) is 0 Å². The second-order valence-electron chi connectivity index (χ2n) is 6.04. The number of alkyl halides is 1. The lowest BCUT2D eigenvalue weighted by Gasteiger charge is -2.38. The van der Waals surface area contributed by atoms with Crippen molar-refractivity contribution >= 4 is 8.32 Å². The first kappa shape index (κ1) is 16.1. The highest BCUT2D eigenvalue weighted by Gasteiger charge is 2.40. The summed E-state index contributed by atoms with van der Waals surface area (Å²) in [4.78, 5) is 0. The summed E-state index contributed by atoms with van der Waals surface area (Å²) in [6.07, 6.45) is 1.39. The van der Waals surface area contributed by atoms with Crippen molar-refractivity contribution in [2.75, 3.05) is 0 Å². The number of hydrogen-bond acceptors (Lipinski definition) is 2. The second kappa shape index (κ2) is 6.12. The molecule has 0 aliphatic carbocycles. The van der Waals surface area contributed by atoms with Gasteiger partial charge in [0.15, 0.2) is 8.32 Å². The minimum absolute atomic E-state index is 0.0296. The summed E-state index contributed by atoms with van der Waals surface area (Å²) in [5, 5.41) is 0.0296. The van der Waals surface area contributed by atoms with Gasteiger partial charge in [0.1, 0.15) is 0 Å². The molecule has 0 fully saturated rings. The first-order chi connectivity index (χ1) is 7.12. The summed E-state index contributed by atoms with van der Waals surface area (Å²) < 4.78 is 19.4. The number of hydrogen-bond donors (Lipinski definition) is 1. The first-order valence-electron chi connectivity index (χ1n) is 6.19. The quantitative estimate of drug-likeness (QED) is 0.726. The van der Waals surface area contributed by atoms with E-state index in [1.165, 1.54) is 0 Å². The third kappa shape index (κ3) is 4.93. The zero-order valence-corrected chi connectivity index (χ0v) is 12.6. The molecule has 0 aromatic carbocycles. The van der Waals surface area contributed by atoms with E-state index in [0.29, 0.717) is 6.42 Å². The Bertz CT molecular complexity index is 204. The fourth-order valence-electron chi connectivity index (χ4n) is 1.12. The van der Waals surface area contributed by atoms with Crippen LogP contribution in [-0.2, 0) is 4.43 Å². The van der Waals surface area contributed by atoms with E-state index in [-0.39, 0.29) is 5.04 Å². The molecule has 2 N–H and O–H groups in total. The van der Waals surface area contributed by atoms with Crippen molar-refractivity contribution in [3.8, 4) is 0 Å². The van der Waals surface area contributed by atoms with E-state index < -0.39 is 20.7 Å². The van der Waals surface area contributed by atoms with Crippen LogP contribution in [0.4, 0.5) is 4.39 Å². The Morgan fingerprint density at radius 3 is 2.19 bits per heavy atom. The predicted molar refractivity (Wildman–Crippen MR) is 70.7 cm³/mol. The van der Waals surface area contributed by atoms with Crippen molar-refractivity contribution in [3.63, 3.8) is 0 Å². The van der Waals surface area contributed by atoms with Gasteiger partial charge in [-0.2, -0.15) is 0 Å². The van der Waals surface area contributed by atoms with Crippen molar-refractivity contribution in [1.29, 1.82) is 0 Å². The number of rotatable bonds is 6. The molecule has 0 saturated heterocycles. The molecule has 0 aromatic heterocycles. The van der Waals surface area contributed by atoms with Gasteiger partial charge in [0.25, 0.3) is 0 Å². The fraction of sp³-hybridized carbons (Fsp3) is 1.00. The molecule has 0 aliphatic rings. The summed E-state index contributed by atoms with van der Waals surface area (Å²) in [6, 6.07) is -0.478. The molecule has 98 valence electrons. The normalized spacial score (nSPS) is 17.2. The Morgan fingerprint density at radius 2 is 1.81 bits per heavy atom. The van der Waals surface area contributed by atoms with Crippen LogP contribution in [-0.4, -0.2) is 20.7 Å². The molecular formula is C12H28FNOSi. The van der Waals surface area contributed by atoms with Crippen LogP contribution < -0.4 is 5.73 Å². The van der Waals surface area contributed by atoms with Gasteiger partial charge in [-0.1, -0.05) is 40.5 Å². The lowest BCUT2D eigenvalue weighted by molar-refractivity contribution is 0.0269. The monoisotopic (exact) mass is 249 g/mol. The predicted octanol–water partition coefficient (Wildman–Crippen LogP) is 3.82. The highest BCUT2D eigenvalue weighted by Crippen LogP contribution is 2.37. The lowest BCUT2D eigenvalue weighted by atomic mass is 10.1. The maximum absolute atomic E-state index is 13.8. The van der Waals surface area contributed by atoms with Crippen LogP contribution in [0, 0.1) is 0 Å². The molecule has 0 heterocycles. The van der Waals surface area contributed by atoms with Crippen LogP contribution in [0.5, 0.6) is 0 Å². The van der Waals surface area contributed by atoms with Gasteiger partial charge in [-0.25, -0.2) is 4.39 Å². The highest BCUT2D eigenvalue weighted by molar-refractivity contribution is 6.74. The Hall–Kier alpha value is 0.0669. The average Bonchev–Trinajstić information content (AvgIpc) is 2.11. The molecule has 4 heteroatoms. The minimum Gasteiger partial charge on any atom is -0.387 e. The molecule has 0 bridgehead atoms. The standard InChI is InChI=1S/C12H28FNOSi/c1-7-8-9-10(14)11(13)15-16(5,6)12(2,3)4/h10-11H,7-9,14H2,1-6H3.